The first kappa shape index (κ1) is 23.9. The van der Waals surface area contributed by atoms with Gasteiger partial charge in [0.1, 0.15) is 5.82 Å². The Kier molecular flexibility index (Phi) is 6.42. The van der Waals surface area contributed by atoms with Crippen LogP contribution in [0.4, 0.5) is 11.4 Å². The van der Waals surface area contributed by atoms with Crippen LogP contribution in [0.5, 0.6) is 0 Å². The van der Waals surface area contributed by atoms with Gasteiger partial charge < -0.3 is 20.1 Å². The van der Waals surface area contributed by atoms with E-state index in [1.807, 2.05) is 12.1 Å². The normalized spacial score (nSPS) is 14.8. The Morgan fingerprint density at radius 3 is 2.53 bits per heavy atom. The maximum Gasteiger partial charge on any atom is 0.258 e. The number of amides is 1. The summed E-state index contributed by atoms with van der Waals surface area (Å²) in [5.74, 6) is 0.0264. The second-order valence-corrected chi connectivity index (χ2v) is 11.0. The Labute approximate surface area is 209 Å². The van der Waals surface area contributed by atoms with E-state index in [1.165, 1.54) is 24.7 Å². The van der Waals surface area contributed by atoms with Gasteiger partial charge in [0.15, 0.2) is 15.5 Å². The number of rotatable bonds is 6. The number of aromatic nitrogens is 4. The minimum atomic E-state index is -3.54. The summed E-state index contributed by atoms with van der Waals surface area (Å²) in [5, 5.41) is 2.69. The summed E-state index contributed by atoms with van der Waals surface area (Å²) >= 11 is 0. The number of pyridine rings is 2. The highest BCUT2D eigenvalue weighted by atomic mass is 32.2. The van der Waals surface area contributed by atoms with Gasteiger partial charge in [-0.3, -0.25) is 9.78 Å². The molecule has 1 aliphatic heterocycles. The molecule has 1 aromatic carbocycles. The summed E-state index contributed by atoms with van der Waals surface area (Å²) in [5.41, 5.74) is 3.34. The van der Waals surface area contributed by atoms with Crippen LogP contribution in [0.15, 0.2) is 59.9 Å². The van der Waals surface area contributed by atoms with Crippen LogP contribution in [0.2, 0.25) is 0 Å². The fourth-order valence-electron chi connectivity index (χ4n) is 4.22. The molecule has 36 heavy (non-hydrogen) atoms. The lowest BCUT2D eigenvalue weighted by molar-refractivity contribution is 0.102. The number of hydrogen-bond donors (Lipinski definition) is 2. The standard InChI is InChI=1S/C25H27N7O3S/c1-3-36(34,35)21-9-10-26-16-20(21)28-25(33)19-8-11-27-24-22(19)29-23(30-24)17-4-6-18(7-5-17)32-14-12-31(2)13-15-32/h4-11,16H,3,12-15H2,1-2H3,(H,28,33)(H,27,29,30). The van der Waals surface area contributed by atoms with Gasteiger partial charge in [-0.05, 0) is 43.4 Å². The van der Waals surface area contributed by atoms with E-state index in [2.05, 4.69) is 54.2 Å². The quantitative estimate of drug-likeness (QED) is 0.410. The summed E-state index contributed by atoms with van der Waals surface area (Å²) < 4.78 is 24.9. The minimum absolute atomic E-state index is 0.0318. The third kappa shape index (κ3) is 4.67. The van der Waals surface area contributed by atoms with Crippen LogP contribution >= 0.6 is 0 Å². The minimum Gasteiger partial charge on any atom is -0.369 e. The van der Waals surface area contributed by atoms with Gasteiger partial charge in [-0.25, -0.2) is 18.4 Å². The molecular weight excluding hydrogens is 478 g/mol. The number of hydrogen-bond acceptors (Lipinski definition) is 8. The highest BCUT2D eigenvalue weighted by Gasteiger charge is 2.21. The summed E-state index contributed by atoms with van der Waals surface area (Å²) in [4.78, 5) is 33.9. The number of nitrogens with zero attached hydrogens (tertiary/aromatic N) is 5. The third-order valence-corrected chi connectivity index (χ3v) is 8.18. The van der Waals surface area contributed by atoms with Crippen molar-refractivity contribution in [1.29, 1.82) is 0 Å². The lowest BCUT2D eigenvalue weighted by Crippen LogP contribution is -2.44. The molecule has 1 aliphatic rings. The first-order chi connectivity index (χ1) is 17.4. The van der Waals surface area contributed by atoms with E-state index in [9.17, 15) is 13.2 Å². The summed E-state index contributed by atoms with van der Waals surface area (Å²) in [6, 6.07) is 11.1. The molecule has 0 unspecified atom stereocenters. The van der Waals surface area contributed by atoms with Gasteiger partial charge in [0.2, 0.25) is 0 Å². The predicted octanol–water partition coefficient (Wildman–Crippen LogP) is 2.82. The van der Waals surface area contributed by atoms with Crippen molar-refractivity contribution in [3.8, 4) is 11.4 Å². The number of anilines is 2. The second-order valence-electron chi connectivity index (χ2n) is 8.71. The van der Waals surface area contributed by atoms with Gasteiger partial charge in [0.25, 0.3) is 5.91 Å². The molecule has 186 valence electrons. The molecule has 1 fully saturated rings. The lowest BCUT2D eigenvalue weighted by atomic mass is 10.1. The summed E-state index contributed by atoms with van der Waals surface area (Å²) in [6.45, 7) is 5.60. The first-order valence-corrected chi connectivity index (χ1v) is 13.4. The first-order valence-electron chi connectivity index (χ1n) is 11.7. The Bertz CT molecular complexity index is 1510. The second kappa shape index (κ2) is 9.67. The van der Waals surface area contributed by atoms with Crippen molar-refractivity contribution in [2.24, 2.45) is 0 Å². The molecule has 0 atom stereocenters. The number of nitrogens with one attached hydrogen (secondary N) is 2. The number of benzene rings is 1. The number of sulfone groups is 1. The SMILES string of the molecule is CCS(=O)(=O)c1ccncc1NC(=O)c1ccnc2nc(-c3ccc(N4CCN(C)CC4)cc3)[nH]c12. The van der Waals surface area contributed by atoms with Gasteiger partial charge in [0, 0.05) is 49.8 Å². The fourth-order valence-corrected chi connectivity index (χ4v) is 5.24. The average molecular weight is 506 g/mol. The van der Waals surface area contributed by atoms with Gasteiger partial charge >= 0.3 is 0 Å². The van der Waals surface area contributed by atoms with Gasteiger partial charge in [-0.2, -0.15) is 0 Å². The van der Waals surface area contributed by atoms with E-state index < -0.39 is 15.7 Å². The largest absolute Gasteiger partial charge is 0.369 e. The van der Waals surface area contributed by atoms with Crippen molar-refractivity contribution in [2.75, 3.05) is 49.2 Å². The van der Waals surface area contributed by atoms with Gasteiger partial charge in [0.05, 0.1) is 33.6 Å². The molecule has 1 amide bonds. The zero-order chi connectivity index (χ0) is 25.3. The molecule has 11 heteroatoms. The molecule has 0 saturated carbocycles. The van der Waals surface area contributed by atoms with E-state index in [0.29, 0.717) is 22.6 Å². The number of likely N-dealkylation sites (N-methyl/N-ethyl adjacent to an activating group) is 1. The number of fused-ring (bicyclic) bond motifs is 1. The molecule has 0 bridgehead atoms. The van der Waals surface area contributed by atoms with Crippen LogP contribution in [0.3, 0.4) is 0 Å². The van der Waals surface area contributed by atoms with Gasteiger partial charge in [-0.15, -0.1) is 0 Å². The van der Waals surface area contributed by atoms with E-state index >= 15 is 0 Å². The zero-order valence-corrected chi connectivity index (χ0v) is 20.9. The van der Waals surface area contributed by atoms with Crippen molar-refractivity contribution >= 4 is 38.3 Å². The Balaban J connectivity index is 1.41. The molecule has 2 N–H and O–H groups in total. The van der Waals surface area contributed by atoms with Crippen molar-refractivity contribution in [1.82, 2.24) is 24.8 Å². The van der Waals surface area contributed by atoms with Crippen LogP contribution in [0.25, 0.3) is 22.6 Å². The van der Waals surface area contributed by atoms with Crippen LogP contribution in [-0.4, -0.2) is 78.1 Å². The molecule has 5 rings (SSSR count). The summed E-state index contributed by atoms with van der Waals surface area (Å²) in [7, 11) is -1.41. The third-order valence-electron chi connectivity index (χ3n) is 6.39. The Morgan fingerprint density at radius 2 is 1.81 bits per heavy atom. The van der Waals surface area contributed by atoms with Crippen molar-refractivity contribution in [3.63, 3.8) is 0 Å². The number of aromatic amines is 1. The van der Waals surface area contributed by atoms with Crippen LogP contribution in [0.1, 0.15) is 17.3 Å². The van der Waals surface area contributed by atoms with Crippen molar-refractivity contribution < 1.29 is 13.2 Å². The monoisotopic (exact) mass is 505 g/mol. The number of piperazine rings is 1. The highest BCUT2D eigenvalue weighted by molar-refractivity contribution is 7.91. The highest BCUT2D eigenvalue weighted by Crippen LogP contribution is 2.26. The average Bonchev–Trinajstić information content (AvgIpc) is 3.34. The van der Waals surface area contributed by atoms with Crippen LogP contribution < -0.4 is 10.2 Å². The number of carbonyl (C=O) groups is 1. The molecule has 4 heterocycles. The zero-order valence-electron chi connectivity index (χ0n) is 20.1. The van der Waals surface area contributed by atoms with Crippen molar-refractivity contribution in [3.05, 3.63) is 60.6 Å². The Hall–Kier alpha value is -3.83. The van der Waals surface area contributed by atoms with E-state index in [-0.39, 0.29) is 16.3 Å². The predicted molar refractivity (Wildman–Crippen MR) is 139 cm³/mol. The van der Waals surface area contributed by atoms with Crippen LogP contribution in [-0.2, 0) is 9.84 Å². The van der Waals surface area contributed by atoms with Crippen LogP contribution in [0, 0.1) is 0 Å². The molecular formula is C25H27N7O3S. The molecule has 4 aromatic rings. The maximum absolute atomic E-state index is 13.2. The summed E-state index contributed by atoms with van der Waals surface area (Å²) in [6.07, 6.45) is 4.23. The molecule has 3 aromatic heterocycles. The van der Waals surface area contributed by atoms with E-state index in [1.54, 1.807) is 13.0 Å². The molecule has 10 nitrogen and oxygen atoms in total. The smallest absolute Gasteiger partial charge is 0.258 e. The number of H-pyrrole nitrogens is 1. The topological polar surface area (TPSA) is 124 Å². The molecule has 0 aliphatic carbocycles. The molecule has 0 radical (unpaired) electrons. The fraction of sp³-hybridized carbons (Fsp3) is 0.280. The number of imidazole rings is 1. The maximum atomic E-state index is 13.2. The molecule has 0 spiro atoms. The van der Waals surface area contributed by atoms with Gasteiger partial charge in [-0.1, -0.05) is 6.92 Å². The lowest BCUT2D eigenvalue weighted by Gasteiger charge is -2.34. The van der Waals surface area contributed by atoms with Crippen molar-refractivity contribution in [2.45, 2.75) is 11.8 Å². The number of carbonyl (C=O) groups excluding carboxylic acids is 1. The Morgan fingerprint density at radius 1 is 1.06 bits per heavy atom. The molecule has 1 saturated heterocycles. The van der Waals surface area contributed by atoms with E-state index in [4.69, 9.17) is 0 Å². The van der Waals surface area contributed by atoms with E-state index in [0.717, 1.165) is 37.4 Å².